The Morgan fingerprint density at radius 3 is 2.58 bits per heavy atom. The van der Waals surface area contributed by atoms with Gasteiger partial charge in [0.2, 0.25) is 5.78 Å². The van der Waals surface area contributed by atoms with Crippen molar-refractivity contribution in [2.24, 2.45) is 0 Å². The fraction of sp³-hybridized carbons (Fsp3) is 0.381. The molecule has 3 heterocycles. The summed E-state index contributed by atoms with van der Waals surface area (Å²) in [4.78, 5) is 24.3. The van der Waals surface area contributed by atoms with Crippen LogP contribution < -0.4 is 10.0 Å². The average Bonchev–Trinajstić information content (AvgIpc) is 3.21. The smallest absolute Gasteiger partial charge is 0.301 e. The van der Waals surface area contributed by atoms with Crippen LogP contribution >= 0.6 is 0 Å². The molecule has 0 aliphatic carbocycles. The van der Waals surface area contributed by atoms with Crippen molar-refractivity contribution >= 4 is 38.5 Å². The maximum Gasteiger partial charge on any atom is 0.301 e. The number of ketones is 1. The molecule has 1 aliphatic rings. The summed E-state index contributed by atoms with van der Waals surface area (Å²) in [6.45, 7) is 4.37. The van der Waals surface area contributed by atoms with Crippen molar-refractivity contribution in [1.82, 2.24) is 19.3 Å². The van der Waals surface area contributed by atoms with Crippen LogP contribution in [0.2, 0.25) is 0 Å². The minimum atomic E-state index is -4.05. The molecule has 0 saturated carbocycles. The van der Waals surface area contributed by atoms with Gasteiger partial charge in [-0.25, -0.2) is 18.7 Å². The molecule has 0 bridgehead atoms. The predicted molar refractivity (Wildman–Crippen MR) is 120 cm³/mol. The summed E-state index contributed by atoms with van der Waals surface area (Å²) in [5, 5.41) is 3.37. The minimum absolute atomic E-state index is 0.0260. The van der Waals surface area contributed by atoms with Gasteiger partial charge in [0.15, 0.2) is 5.82 Å². The van der Waals surface area contributed by atoms with Crippen LogP contribution in [0.25, 0.3) is 11.0 Å². The molecule has 1 saturated heterocycles. The Balaban J connectivity index is 1.74. The van der Waals surface area contributed by atoms with Gasteiger partial charge in [-0.1, -0.05) is 6.42 Å². The zero-order valence-electron chi connectivity index (χ0n) is 18.2. The highest BCUT2D eigenvalue weighted by molar-refractivity contribution is 7.90. The number of carbonyl (C=O) groups is 1. The van der Waals surface area contributed by atoms with Crippen molar-refractivity contribution < 1.29 is 22.0 Å². The molecule has 1 aromatic carbocycles. The van der Waals surface area contributed by atoms with Crippen molar-refractivity contribution in [3.8, 4) is 0 Å². The molecule has 0 amide bonds. The van der Waals surface area contributed by atoms with Gasteiger partial charge in [-0.2, -0.15) is 12.7 Å². The van der Waals surface area contributed by atoms with Gasteiger partial charge in [-0.15, -0.1) is 0 Å². The molecule has 3 N–H and O–H groups in total. The number of piperidine rings is 1. The number of hydrogen-bond acceptors (Lipinski definition) is 6. The quantitative estimate of drug-likeness (QED) is 0.448. The van der Waals surface area contributed by atoms with Crippen molar-refractivity contribution in [2.45, 2.75) is 39.2 Å². The SMILES string of the molecule is CC(C)Nc1ncnc2[nH]cc(C(=O)c3c(F)ccc(NS(=O)(=O)N4CCCCC4)c3F)c12. The minimum Gasteiger partial charge on any atom is -0.367 e. The zero-order valence-corrected chi connectivity index (χ0v) is 19.0. The number of anilines is 2. The Morgan fingerprint density at radius 1 is 1.15 bits per heavy atom. The van der Waals surface area contributed by atoms with Crippen LogP contribution in [0.1, 0.15) is 49.0 Å². The Bertz CT molecular complexity index is 1300. The van der Waals surface area contributed by atoms with Crippen LogP contribution in [0, 0.1) is 11.6 Å². The van der Waals surface area contributed by atoms with Gasteiger partial charge in [-0.05, 0) is 38.8 Å². The van der Waals surface area contributed by atoms with Crippen LogP contribution in [0.4, 0.5) is 20.3 Å². The van der Waals surface area contributed by atoms with E-state index in [9.17, 15) is 17.6 Å². The Kier molecular flexibility index (Phi) is 6.30. The normalized spacial score (nSPS) is 15.2. The highest BCUT2D eigenvalue weighted by atomic mass is 32.2. The molecule has 33 heavy (non-hydrogen) atoms. The topological polar surface area (TPSA) is 120 Å². The van der Waals surface area contributed by atoms with Crippen molar-refractivity contribution in [1.29, 1.82) is 0 Å². The van der Waals surface area contributed by atoms with Gasteiger partial charge in [0.05, 0.1) is 22.2 Å². The second-order valence-corrected chi connectivity index (χ2v) is 9.80. The van der Waals surface area contributed by atoms with Gasteiger partial charge < -0.3 is 10.3 Å². The van der Waals surface area contributed by atoms with Crippen molar-refractivity contribution in [2.75, 3.05) is 23.1 Å². The number of nitrogens with zero attached hydrogens (tertiary/aromatic N) is 3. The molecule has 0 radical (unpaired) electrons. The van der Waals surface area contributed by atoms with Gasteiger partial charge in [-0.3, -0.25) is 9.52 Å². The van der Waals surface area contributed by atoms with E-state index in [1.54, 1.807) is 0 Å². The van der Waals surface area contributed by atoms with E-state index in [-0.39, 0.29) is 17.0 Å². The largest absolute Gasteiger partial charge is 0.367 e. The monoisotopic (exact) mass is 478 g/mol. The molecule has 0 atom stereocenters. The van der Waals surface area contributed by atoms with Gasteiger partial charge in [0.25, 0.3) is 0 Å². The average molecular weight is 479 g/mol. The number of fused-ring (bicyclic) bond motifs is 1. The molecule has 3 aromatic rings. The van der Waals surface area contributed by atoms with E-state index in [0.717, 1.165) is 18.6 Å². The van der Waals surface area contributed by atoms with Crippen LogP contribution in [0.3, 0.4) is 0 Å². The maximum absolute atomic E-state index is 15.3. The third kappa shape index (κ3) is 4.53. The first-order valence-electron chi connectivity index (χ1n) is 10.6. The predicted octanol–water partition coefficient (Wildman–Crippen LogP) is 3.43. The molecular weight excluding hydrogens is 454 g/mol. The third-order valence-electron chi connectivity index (χ3n) is 5.35. The van der Waals surface area contributed by atoms with E-state index >= 15 is 4.39 Å². The number of H-pyrrole nitrogens is 1. The summed E-state index contributed by atoms with van der Waals surface area (Å²) < 4.78 is 58.7. The number of hydrogen-bond donors (Lipinski definition) is 3. The number of carbonyl (C=O) groups excluding carboxylic acids is 1. The molecule has 0 unspecified atom stereocenters. The van der Waals surface area contributed by atoms with E-state index < -0.39 is 38.9 Å². The number of benzene rings is 1. The number of halogens is 2. The van der Waals surface area contributed by atoms with E-state index in [1.165, 1.54) is 16.8 Å². The van der Waals surface area contributed by atoms with Crippen LogP contribution in [0.15, 0.2) is 24.7 Å². The molecule has 176 valence electrons. The first-order chi connectivity index (χ1) is 15.7. The lowest BCUT2D eigenvalue weighted by atomic mass is 10.0. The van der Waals surface area contributed by atoms with Crippen molar-refractivity contribution in [3.63, 3.8) is 0 Å². The van der Waals surface area contributed by atoms with Gasteiger partial charge in [0, 0.05) is 25.3 Å². The fourth-order valence-electron chi connectivity index (χ4n) is 3.81. The number of nitrogens with one attached hydrogen (secondary N) is 3. The van der Waals surface area contributed by atoms with E-state index in [0.29, 0.717) is 37.4 Å². The fourth-order valence-corrected chi connectivity index (χ4v) is 5.11. The van der Waals surface area contributed by atoms with Crippen LogP contribution in [0.5, 0.6) is 0 Å². The molecule has 12 heteroatoms. The van der Waals surface area contributed by atoms with Gasteiger partial charge in [0.1, 0.15) is 23.6 Å². The van der Waals surface area contributed by atoms with Crippen LogP contribution in [-0.4, -0.2) is 52.6 Å². The first kappa shape index (κ1) is 23.1. The Morgan fingerprint density at radius 2 is 1.88 bits per heavy atom. The number of aromatic amines is 1. The summed E-state index contributed by atoms with van der Waals surface area (Å²) in [5.41, 5.74) is -1.09. The molecule has 9 nitrogen and oxygen atoms in total. The Labute approximate surface area is 189 Å². The molecule has 1 fully saturated rings. The Hall–Kier alpha value is -3.12. The van der Waals surface area contributed by atoms with Gasteiger partial charge >= 0.3 is 10.2 Å². The second-order valence-electron chi connectivity index (χ2n) is 8.13. The maximum atomic E-state index is 15.3. The lowest BCUT2D eigenvalue weighted by Crippen LogP contribution is -2.39. The van der Waals surface area contributed by atoms with E-state index in [2.05, 4.69) is 25.0 Å². The number of aromatic nitrogens is 3. The zero-order chi connectivity index (χ0) is 23.8. The standard InChI is InChI=1S/C21H24F2N6O3S/c1-12(2)27-21-16-13(10-24-20(16)25-11-26-21)19(30)17-14(22)6-7-15(18(17)23)28-33(31,32)29-8-4-3-5-9-29/h6-7,10-12,28H,3-5,8-9H2,1-2H3,(H2,24,25,26,27). The first-order valence-corrected chi connectivity index (χ1v) is 12.0. The third-order valence-corrected chi connectivity index (χ3v) is 6.87. The van der Waals surface area contributed by atoms with E-state index in [4.69, 9.17) is 0 Å². The summed E-state index contributed by atoms with van der Waals surface area (Å²) in [6.07, 6.45) is 4.92. The summed E-state index contributed by atoms with van der Waals surface area (Å²) >= 11 is 0. The summed E-state index contributed by atoms with van der Waals surface area (Å²) in [6, 6.07) is 1.80. The van der Waals surface area contributed by atoms with Crippen molar-refractivity contribution in [3.05, 3.63) is 47.4 Å². The molecule has 4 rings (SSSR count). The lowest BCUT2D eigenvalue weighted by Gasteiger charge is -2.26. The highest BCUT2D eigenvalue weighted by Gasteiger charge is 2.29. The highest BCUT2D eigenvalue weighted by Crippen LogP contribution is 2.30. The molecule has 0 spiro atoms. The number of rotatable bonds is 7. The summed E-state index contributed by atoms with van der Waals surface area (Å²) in [7, 11) is -4.05. The molecule has 1 aliphatic heterocycles. The second kappa shape index (κ2) is 9.02. The van der Waals surface area contributed by atoms with E-state index in [1.807, 2.05) is 13.8 Å². The summed E-state index contributed by atoms with van der Waals surface area (Å²) in [5.74, 6) is -3.02. The molecule has 2 aromatic heterocycles. The van der Waals surface area contributed by atoms with Crippen LogP contribution in [-0.2, 0) is 10.2 Å². The lowest BCUT2D eigenvalue weighted by molar-refractivity contribution is 0.103. The molecular formula is C21H24F2N6O3S.